The molecule has 0 aliphatic heterocycles. The van der Waals surface area contributed by atoms with Crippen molar-refractivity contribution < 1.29 is 14.1 Å². The molecule has 19 heavy (non-hydrogen) atoms. The molecule has 1 aromatic heterocycles. The van der Waals surface area contributed by atoms with Gasteiger partial charge in [0, 0.05) is 12.1 Å². The standard InChI is InChI=1S/C10H4Cl2FN3O3/c11-6-3-5(1-2-8(6)16(17)18)19-9-7(13)4-14-10(12)15-9/h1-4H. The monoisotopic (exact) mass is 303 g/mol. The first-order chi connectivity index (χ1) is 8.97. The lowest BCUT2D eigenvalue weighted by atomic mass is 10.3. The van der Waals surface area contributed by atoms with Gasteiger partial charge >= 0.3 is 0 Å². The van der Waals surface area contributed by atoms with Crippen LogP contribution in [0.25, 0.3) is 0 Å². The van der Waals surface area contributed by atoms with Crippen molar-refractivity contribution in [2.75, 3.05) is 0 Å². The maximum absolute atomic E-state index is 13.3. The third-order valence-electron chi connectivity index (χ3n) is 2.01. The number of hydrogen-bond donors (Lipinski definition) is 0. The molecule has 98 valence electrons. The van der Waals surface area contributed by atoms with Gasteiger partial charge < -0.3 is 4.74 Å². The Hall–Kier alpha value is -1.99. The summed E-state index contributed by atoms with van der Waals surface area (Å²) >= 11 is 11.2. The van der Waals surface area contributed by atoms with Gasteiger partial charge in [0.05, 0.1) is 11.1 Å². The Labute approximate surface area is 115 Å². The van der Waals surface area contributed by atoms with Crippen molar-refractivity contribution in [3.63, 3.8) is 0 Å². The van der Waals surface area contributed by atoms with Crippen molar-refractivity contribution in [2.24, 2.45) is 0 Å². The molecule has 0 aliphatic rings. The van der Waals surface area contributed by atoms with Crippen LogP contribution in [0.2, 0.25) is 10.3 Å². The minimum Gasteiger partial charge on any atom is -0.436 e. The van der Waals surface area contributed by atoms with E-state index in [0.29, 0.717) is 0 Å². The summed E-state index contributed by atoms with van der Waals surface area (Å²) in [5.74, 6) is -1.13. The SMILES string of the molecule is O=[N+]([O-])c1ccc(Oc2nc(Cl)ncc2F)cc1Cl. The summed E-state index contributed by atoms with van der Waals surface area (Å²) in [5.41, 5.74) is -0.282. The molecule has 0 N–H and O–H groups in total. The third-order valence-corrected chi connectivity index (χ3v) is 2.50. The zero-order valence-electron chi connectivity index (χ0n) is 9.01. The molecule has 2 aromatic rings. The maximum atomic E-state index is 13.3. The fourth-order valence-corrected chi connectivity index (χ4v) is 1.58. The second-order valence-corrected chi connectivity index (χ2v) is 4.01. The summed E-state index contributed by atoms with van der Waals surface area (Å²) in [7, 11) is 0. The first-order valence-corrected chi connectivity index (χ1v) is 5.53. The van der Waals surface area contributed by atoms with Crippen molar-refractivity contribution in [1.82, 2.24) is 9.97 Å². The van der Waals surface area contributed by atoms with Crippen LogP contribution < -0.4 is 4.74 Å². The summed E-state index contributed by atoms with van der Waals surface area (Å²) in [4.78, 5) is 16.9. The lowest BCUT2D eigenvalue weighted by Crippen LogP contribution is -1.95. The number of aromatic nitrogens is 2. The quantitative estimate of drug-likeness (QED) is 0.491. The van der Waals surface area contributed by atoms with Gasteiger partial charge in [-0.15, -0.1) is 0 Å². The molecule has 0 radical (unpaired) electrons. The highest BCUT2D eigenvalue weighted by Crippen LogP contribution is 2.31. The Morgan fingerprint density at radius 1 is 1.37 bits per heavy atom. The number of nitrogens with zero attached hydrogens (tertiary/aromatic N) is 3. The molecule has 0 saturated carbocycles. The second kappa shape index (κ2) is 5.33. The molecule has 0 amide bonds. The zero-order valence-corrected chi connectivity index (χ0v) is 10.5. The zero-order chi connectivity index (χ0) is 14.0. The van der Waals surface area contributed by atoms with Crippen molar-refractivity contribution >= 4 is 28.9 Å². The maximum Gasteiger partial charge on any atom is 0.288 e. The molecule has 1 heterocycles. The average molecular weight is 304 g/mol. The number of ether oxygens (including phenoxy) is 1. The molecule has 6 nitrogen and oxygen atoms in total. The molecule has 0 saturated heterocycles. The van der Waals surface area contributed by atoms with Crippen molar-refractivity contribution in [1.29, 1.82) is 0 Å². The van der Waals surface area contributed by atoms with Crippen LogP contribution in [-0.2, 0) is 0 Å². The summed E-state index contributed by atoms with van der Waals surface area (Å²) in [5, 5.41) is 10.2. The van der Waals surface area contributed by atoms with E-state index in [1.807, 2.05) is 0 Å². The Bertz CT molecular complexity index is 654. The summed E-state index contributed by atoms with van der Waals surface area (Å²) in [6.45, 7) is 0. The van der Waals surface area contributed by atoms with Crippen LogP contribution in [0.1, 0.15) is 0 Å². The summed E-state index contributed by atoms with van der Waals surface area (Å²) in [6.07, 6.45) is 0.845. The molecule has 0 unspecified atom stereocenters. The van der Waals surface area contributed by atoms with Crippen LogP contribution in [0.3, 0.4) is 0 Å². The predicted molar refractivity (Wildman–Crippen MR) is 65.2 cm³/mol. The van der Waals surface area contributed by atoms with Crippen molar-refractivity contribution in [3.05, 3.63) is 50.6 Å². The first-order valence-electron chi connectivity index (χ1n) is 4.77. The summed E-state index contributed by atoms with van der Waals surface area (Å²) in [6, 6.07) is 3.58. The van der Waals surface area contributed by atoms with Crippen LogP contribution in [0.15, 0.2) is 24.4 Å². The average Bonchev–Trinajstić information content (AvgIpc) is 2.33. The molecule has 0 atom stereocenters. The van der Waals surface area contributed by atoms with Crippen LogP contribution in [-0.4, -0.2) is 14.9 Å². The number of benzene rings is 1. The van der Waals surface area contributed by atoms with Gasteiger partial charge in [-0.25, -0.2) is 4.98 Å². The summed E-state index contributed by atoms with van der Waals surface area (Å²) < 4.78 is 18.4. The lowest BCUT2D eigenvalue weighted by Gasteiger charge is -2.05. The Morgan fingerprint density at radius 2 is 2.11 bits per heavy atom. The van der Waals surface area contributed by atoms with Crippen molar-refractivity contribution in [2.45, 2.75) is 0 Å². The van der Waals surface area contributed by atoms with Gasteiger partial charge in [-0.2, -0.15) is 9.37 Å². The van der Waals surface area contributed by atoms with Gasteiger partial charge in [0.25, 0.3) is 11.6 Å². The molecular weight excluding hydrogens is 300 g/mol. The molecular formula is C10H4Cl2FN3O3. The Morgan fingerprint density at radius 3 is 2.74 bits per heavy atom. The van der Waals surface area contributed by atoms with E-state index in [2.05, 4.69) is 9.97 Å². The highest BCUT2D eigenvalue weighted by molar-refractivity contribution is 6.32. The van der Waals surface area contributed by atoms with Gasteiger partial charge in [0.1, 0.15) is 10.8 Å². The van der Waals surface area contributed by atoms with E-state index in [1.165, 1.54) is 12.1 Å². The van der Waals surface area contributed by atoms with Crippen LogP contribution in [0.4, 0.5) is 10.1 Å². The van der Waals surface area contributed by atoms with Crippen LogP contribution in [0, 0.1) is 15.9 Å². The fourth-order valence-electron chi connectivity index (χ4n) is 1.21. The largest absolute Gasteiger partial charge is 0.436 e. The molecule has 0 bridgehead atoms. The number of rotatable bonds is 3. The minimum absolute atomic E-state index is 0.0873. The molecule has 2 rings (SSSR count). The molecule has 0 fully saturated rings. The van der Waals surface area contributed by atoms with E-state index in [4.69, 9.17) is 27.9 Å². The van der Waals surface area contributed by atoms with E-state index in [1.54, 1.807) is 0 Å². The minimum atomic E-state index is -0.820. The molecule has 0 spiro atoms. The normalized spacial score (nSPS) is 10.3. The Balaban J connectivity index is 2.31. The predicted octanol–water partition coefficient (Wildman–Crippen LogP) is 3.62. The second-order valence-electron chi connectivity index (χ2n) is 3.26. The molecule has 9 heteroatoms. The molecule has 0 aliphatic carbocycles. The highest BCUT2D eigenvalue weighted by atomic mass is 35.5. The van der Waals surface area contributed by atoms with Crippen LogP contribution >= 0.6 is 23.2 Å². The van der Waals surface area contributed by atoms with E-state index >= 15 is 0 Å². The van der Waals surface area contributed by atoms with E-state index in [9.17, 15) is 14.5 Å². The van der Waals surface area contributed by atoms with Gasteiger partial charge in [0.15, 0.2) is 0 Å². The number of nitro benzene ring substituents is 1. The molecule has 1 aromatic carbocycles. The first kappa shape index (κ1) is 13.4. The third kappa shape index (κ3) is 3.07. The van der Waals surface area contributed by atoms with Crippen LogP contribution in [0.5, 0.6) is 11.6 Å². The van der Waals surface area contributed by atoms with Crippen molar-refractivity contribution in [3.8, 4) is 11.6 Å². The smallest absolute Gasteiger partial charge is 0.288 e. The van der Waals surface area contributed by atoms with Gasteiger partial charge in [-0.1, -0.05) is 11.6 Å². The topological polar surface area (TPSA) is 78.2 Å². The van der Waals surface area contributed by atoms with Gasteiger partial charge in [-0.05, 0) is 17.7 Å². The Kier molecular flexibility index (Phi) is 3.77. The fraction of sp³-hybridized carbons (Fsp3) is 0. The number of halogens is 3. The number of hydrogen-bond acceptors (Lipinski definition) is 5. The van der Waals surface area contributed by atoms with Gasteiger partial charge in [-0.3, -0.25) is 10.1 Å². The van der Waals surface area contributed by atoms with E-state index < -0.39 is 16.6 Å². The van der Waals surface area contributed by atoms with Gasteiger partial charge in [0.2, 0.25) is 11.1 Å². The highest BCUT2D eigenvalue weighted by Gasteiger charge is 2.14. The number of nitro groups is 1. The van der Waals surface area contributed by atoms with E-state index in [0.717, 1.165) is 12.3 Å². The van der Waals surface area contributed by atoms with E-state index in [-0.39, 0.29) is 21.7 Å². The lowest BCUT2D eigenvalue weighted by molar-refractivity contribution is -0.384.